The molecule has 1 aliphatic rings. The van der Waals surface area contributed by atoms with Crippen LogP contribution in [-0.2, 0) is 24.2 Å². The molecule has 0 saturated carbocycles. The van der Waals surface area contributed by atoms with Gasteiger partial charge in [0, 0.05) is 0 Å². The maximum absolute atomic E-state index is 3.26. The Bertz CT molecular complexity index is 1610. The van der Waals surface area contributed by atoms with Gasteiger partial charge in [0.1, 0.15) is 0 Å². The van der Waals surface area contributed by atoms with Crippen molar-refractivity contribution in [2.45, 2.75) is 55.4 Å². The number of hydrogen-bond acceptors (Lipinski definition) is 0. The van der Waals surface area contributed by atoms with Gasteiger partial charge in [0.25, 0.3) is 0 Å². The van der Waals surface area contributed by atoms with Gasteiger partial charge in [-0.2, -0.15) is 11.6 Å². The van der Waals surface area contributed by atoms with Crippen molar-refractivity contribution in [1.82, 2.24) is 0 Å². The van der Waals surface area contributed by atoms with Crippen LogP contribution >= 0.6 is 0 Å². The molecule has 0 radical (unpaired) electrons. The zero-order valence-electron chi connectivity index (χ0n) is 26.6. The van der Waals surface area contributed by atoms with Crippen LogP contribution in [-0.4, -0.2) is 3.21 Å². The number of benzene rings is 4. The van der Waals surface area contributed by atoms with Crippen molar-refractivity contribution in [1.29, 1.82) is 0 Å². The maximum Gasteiger partial charge on any atom is -0.0469 e. The topological polar surface area (TPSA) is 0 Å². The largest absolute Gasteiger partial charge is 1.00 e. The predicted molar refractivity (Wildman–Crippen MR) is 177 cm³/mol. The summed E-state index contributed by atoms with van der Waals surface area (Å²) in [5, 5.41) is 5.46. The summed E-state index contributed by atoms with van der Waals surface area (Å²) in [5.74, 6) is 0.522. The van der Waals surface area contributed by atoms with Crippen LogP contribution in [0.3, 0.4) is 0 Å². The number of allylic oxidation sites excluding steroid dienone is 4. The van der Waals surface area contributed by atoms with E-state index < -0.39 is 0 Å². The predicted octanol–water partition coefficient (Wildman–Crippen LogP) is 4.72. The number of rotatable bonds is 2. The Kier molecular flexibility index (Phi) is 13.7. The molecule has 0 amide bonds. The molecule has 0 heterocycles. The van der Waals surface area contributed by atoms with E-state index in [9.17, 15) is 0 Å². The third kappa shape index (κ3) is 10.0. The Morgan fingerprint density at radius 1 is 0.651 bits per heavy atom. The van der Waals surface area contributed by atoms with E-state index in [0.717, 1.165) is 0 Å². The number of hydrogen-bond donors (Lipinski definition) is 0. The quantitative estimate of drug-likeness (QED) is 0.236. The van der Waals surface area contributed by atoms with Crippen LogP contribution in [0.15, 0.2) is 109 Å². The summed E-state index contributed by atoms with van der Waals surface area (Å²) in [7, 11) is 0. The molecule has 0 aromatic heterocycles. The normalized spacial score (nSPS) is 13.6. The average molecular weight is 685 g/mol. The molecule has 0 N–H and O–H groups in total. The third-order valence-corrected chi connectivity index (χ3v) is 8.91. The minimum atomic E-state index is 0. The van der Waals surface area contributed by atoms with Crippen molar-refractivity contribution in [3.8, 4) is 0 Å². The summed E-state index contributed by atoms with van der Waals surface area (Å²) in [6.07, 6.45) is 7.65. The van der Waals surface area contributed by atoms with Crippen LogP contribution in [0.1, 0.15) is 61.1 Å². The molecule has 1 atom stereocenters. The monoisotopic (exact) mass is 682 g/mol. The van der Waals surface area contributed by atoms with Crippen LogP contribution in [0.4, 0.5) is 0 Å². The van der Waals surface area contributed by atoms with E-state index in [1.54, 1.807) is 0 Å². The van der Waals surface area contributed by atoms with E-state index in [1.165, 1.54) is 87.9 Å². The van der Waals surface area contributed by atoms with Gasteiger partial charge < -0.3 is 24.8 Å². The summed E-state index contributed by atoms with van der Waals surface area (Å²) >= 11 is 1.46. The molecule has 1 unspecified atom stereocenters. The summed E-state index contributed by atoms with van der Waals surface area (Å²) in [4.78, 5) is 0. The van der Waals surface area contributed by atoms with Crippen LogP contribution in [0.2, 0.25) is 0 Å². The minimum absolute atomic E-state index is 0. The summed E-state index contributed by atoms with van der Waals surface area (Å²) in [6, 6.07) is 33.1. The summed E-state index contributed by atoms with van der Waals surface area (Å²) < 4.78 is 1.42. The van der Waals surface area contributed by atoms with E-state index in [2.05, 4.69) is 165 Å². The van der Waals surface area contributed by atoms with Gasteiger partial charge in [-0.1, -0.05) is 74.4 Å². The second-order valence-corrected chi connectivity index (χ2v) is 13.6. The van der Waals surface area contributed by atoms with Gasteiger partial charge in [0.2, 0.25) is 0 Å². The molecular weight excluding hydrogens is 643 g/mol. The zero-order valence-corrected chi connectivity index (χ0v) is 30.6. The molecule has 0 nitrogen and oxygen atoms in total. The Hall–Kier alpha value is -2.44. The molecule has 1 aliphatic carbocycles. The molecule has 3 heteroatoms. The first-order valence-electron chi connectivity index (χ1n) is 14.5. The van der Waals surface area contributed by atoms with E-state index in [0.29, 0.717) is 11.3 Å². The summed E-state index contributed by atoms with van der Waals surface area (Å²) in [5.41, 5.74) is 9.69. The smallest absolute Gasteiger partial charge is 0.0469 e. The first-order valence-corrected chi connectivity index (χ1v) is 15.7. The first-order chi connectivity index (χ1) is 19.4. The van der Waals surface area contributed by atoms with E-state index in [4.69, 9.17) is 0 Å². The van der Waals surface area contributed by atoms with Gasteiger partial charge >= 0.3 is 112 Å². The minimum Gasteiger partial charge on any atom is -1.00 e. The fourth-order valence-corrected chi connectivity index (χ4v) is 5.74. The molecule has 222 valence electrons. The Morgan fingerprint density at radius 2 is 1.05 bits per heavy atom. The van der Waals surface area contributed by atoms with Gasteiger partial charge in [0.05, 0.1) is 0 Å². The van der Waals surface area contributed by atoms with Crippen molar-refractivity contribution < 1.29 is 49.0 Å². The van der Waals surface area contributed by atoms with Gasteiger partial charge in [-0.25, -0.2) is 6.08 Å². The zero-order chi connectivity index (χ0) is 29.7. The van der Waals surface area contributed by atoms with E-state index in [1.807, 2.05) is 0 Å². The Labute approximate surface area is 286 Å². The summed E-state index contributed by atoms with van der Waals surface area (Å²) in [6.45, 7) is 17.4. The second-order valence-electron chi connectivity index (χ2n) is 12.4. The molecular formula is C40H42Cl2Zr-2. The SMILES string of the molecule is CC1[C-]=CC(C(C)(C)C)=C1.Cc1ccc([C](=[Zr+2])c2ccc(C)cc2)cc1.Cc1ccc2c(c1)[cH-]c1cc(C)ccc12.[Cl-].[Cl-]. The van der Waals surface area contributed by atoms with Gasteiger partial charge in [0.15, 0.2) is 0 Å². The van der Waals surface area contributed by atoms with Gasteiger partial charge in [-0.05, 0) is 13.8 Å². The van der Waals surface area contributed by atoms with Crippen LogP contribution in [0.5, 0.6) is 0 Å². The van der Waals surface area contributed by atoms with Gasteiger partial charge in [-0.3, -0.25) is 6.08 Å². The van der Waals surface area contributed by atoms with Crippen LogP contribution < -0.4 is 24.8 Å². The second kappa shape index (κ2) is 16.0. The van der Waals surface area contributed by atoms with Crippen molar-refractivity contribution in [2.24, 2.45) is 11.3 Å². The molecule has 0 bridgehead atoms. The fraction of sp³-hybridized carbons (Fsp3) is 0.250. The molecule has 5 aromatic carbocycles. The molecule has 5 aromatic rings. The van der Waals surface area contributed by atoms with E-state index in [-0.39, 0.29) is 24.8 Å². The molecule has 0 aliphatic heterocycles. The Morgan fingerprint density at radius 3 is 1.37 bits per heavy atom. The average Bonchev–Trinajstić information content (AvgIpc) is 3.52. The van der Waals surface area contributed by atoms with Gasteiger partial charge in [-0.15, -0.1) is 39.7 Å². The van der Waals surface area contributed by atoms with Crippen LogP contribution in [0.25, 0.3) is 21.5 Å². The Balaban J connectivity index is 0.000000226. The third-order valence-electron chi connectivity index (χ3n) is 7.49. The fourth-order valence-electron chi connectivity index (χ4n) is 4.92. The van der Waals surface area contributed by atoms with Crippen molar-refractivity contribution in [3.63, 3.8) is 0 Å². The van der Waals surface area contributed by atoms with Crippen LogP contribution in [0, 0.1) is 45.1 Å². The van der Waals surface area contributed by atoms with Crippen molar-refractivity contribution in [2.75, 3.05) is 0 Å². The molecule has 0 fully saturated rings. The number of halogens is 2. The molecule has 6 rings (SSSR count). The molecule has 0 spiro atoms. The number of aryl methyl sites for hydroxylation is 4. The van der Waals surface area contributed by atoms with Crippen molar-refractivity contribution in [3.05, 3.63) is 148 Å². The maximum atomic E-state index is 3.26. The van der Waals surface area contributed by atoms with E-state index >= 15 is 0 Å². The molecule has 0 saturated heterocycles. The number of fused-ring (bicyclic) bond motifs is 3. The van der Waals surface area contributed by atoms with Crippen molar-refractivity contribution >= 4 is 24.8 Å². The first kappa shape index (κ1) is 36.8. The molecule has 43 heavy (non-hydrogen) atoms. The standard InChI is InChI=1S/C15H13.C15H14.C10H15.2ClH.Zr/c1-10-3-5-14-12(7-10)9-13-8-11(2)4-6-15(13)14;1-12-3-7-14(8-4-12)11-15-9-5-13(2)6-10-15;1-8-5-6-9(7-8)10(2,3)4;;;/h3-9H,1-2H3;3-10H,1-2H3;6-8H,1-4H3;2*1H;/q-1;;-1;;;+2/p-2.